The molecule has 2 aromatic heterocycles. The summed E-state index contributed by atoms with van der Waals surface area (Å²) in [4.78, 5) is 32.1. The first-order valence-electron chi connectivity index (χ1n) is 13.8. The van der Waals surface area contributed by atoms with Crippen LogP contribution in [0.15, 0.2) is 59.1 Å². The molecule has 3 aliphatic rings. The lowest BCUT2D eigenvalue weighted by molar-refractivity contribution is -0.120. The molecule has 1 saturated heterocycles. The second-order valence-electron chi connectivity index (χ2n) is 11.4. The topological polar surface area (TPSA) is 84.7 Å². The number of anilines is 1. The number of benzene rings is 2. The van der Waals surface area contributed by atoms with E-state index in [2.05, 4.69) is 36.0 Å². The van der Waals surface area contributed by atoms with Gasteiger partial charge in [0.15, 0.2) is 5.78 Å². The van der Waals surface area contributed by atoms with Crippen molar-refractivity contribution in [3.63, 3.8) is 0 Å². The normalized spacial score (nSPS) is 17.5. The third-order valence-electron chi connectivity index (χ3n) is 8.06. The van der Waals surface area contributed by atoms with Gasteiger partial charge in [-0.2, -0.15) is 0 Å². The molecule has 2 aromatic carbocycles. The van der Waals surface area contributed by atoms with E-state index >= 15 is 0 Å². The van der Waals surface area contributed by atoms with Crippen molar-refractivity contribution >= 4 is 28.3 Å². The first kappa shape index (κ1) is 24.5. The standard InChI is InChI=1S/C33H29N3O4/c1-33(2)27-17-23(36-14-13-35-29(37)18-36)8-10-25(27)31(38)30-26-9-6-20(15-28(26)40-32(30)33)5-7-22-16-24(11-12-34-22)39-19-21-3-4-21/h6,8-12,15-17,21H,3-4,13-14,18-19H2,1-2H3,(H,35,37). The number of aromatic nitrogens is 1. The van der Waals surface area contributed by atoms with E-state index in [-0.39, 0.29) is 11.7 Å². The van der Waals surface area contributed by atoms with Crippen LogP contribution in [-0.4, -0.2) is 42.9 Å². The maximum Gasteiger partial charge on any atom is 0.239 e. The van der Waals surface area contributed by atoms with Crippen molar-refractivity contribution < 1.29 is 18.7 Å². The van der Waals surface area contributed by atoms with Gasteiger partial charge in [0.25, 0.3) is 0 Å². The van der Waals surface area contributed by atoms with Gasteiger partial charge in [-0.05, 0) is 86.6 Å². The van der Waals surface area contributed by atoms with Crippen LogP contribution in [0.5, 0.6) is 5.75 Å². The number of hydrogen-bond acceptors (Lipinski definition) is 6. The molecule has 1 aliphatic heterocycles. The fourth-order valence-corrected chi connectivity index (χ4v) is 5.60. The summed E-state index contributed by atoms with van der Waals surface area (Å²) >= 11 is 0. The number of pyridine rings is 1. The maximum absolute atomic E-state index is 13.8. The van der Waals surface area contributed by atoms with Gasteiger partial charge in [-0.3, -0.25) is 9.59 Å². The number of hydrogen-bond donors (Lipinski definition) is 1. The number of furan rings is 1. The van der Waals surface area contributed by atoms with Crippen LogP contribution in [0.3, 0.4) is 0 Å². The van der Waals surface area contributed by atoms with Gasteiger partial charge in [-0.15, -0.1) is 0 Å². The zero-order valence-electron chi connectivity index (χ0n) is 22.5. The first-order chi connectivity index (χ1) is 19.4. The van der Waals surface area contributed by atoms with Crippen LogP contribution in [0, 0.1) is 17.8 Å². The largest absolute Gasteiger partial charge is 0.493 e. The third-order valence-corrected chi connectivity index (χ3v) is 8.06. The van der Waals surface area contributed by atoms with Gasteiger partial charge in [0.05, 0.1) is 18.7 Å². The zero-order chi connectivity index (χ0) is 27.4. The predicted octanol–water partition coefficient (Wildman–Crippen LogP) is 4.82. The molecular formula is C33H29N3O4. The van der Waals surface area contributed by atoms with E-state index in [1.165, 1.54) is 12.8 Å². The molecule has 3 heterocycles. The van der Waals surface area contributed by atoms with Gasteiger partial charge < -0.3 is 19.4 Å². The third kappa shape index (κ3) is 4.30. The molecule has 0 unspecified atom stereocenters. The van der Waals surface area contributed by atoms with Gasteiger partial charge in [0.1, 0.15) is 22.8 Å². The predicted molar refractivity (Wildman–Crippen MR) is 152 cm³/mol. The number of carbonyl (C=O) groups excluding carboxylic acids is 2. The fraction of sp³-hybridized carbons (Fsp3) is 0.303. The molecule has 1 saturated carbocycles. The Kier molecular flexibility index (Phi) is 5.67. The number of ketones is 1. The molecule has 0 radical (unpaired) electrons. The van der Waals surface area contributed by atoms with Gasteiger partial charge >= 0.3 is 0 Å². The minimum Gasteiger partial charge on any atom is -0.493 e. The molecule has 1 amide bonds. The van der Waals surface area contributed by atoms with Crippen LogP contribution < -0.4 is 15.0 Å². The molecule has 40 heavy (non-hydrogen) atoms. The van der Waals surface area contributed by atoms with Crippen molar-refractivity contribution in [1.82, 2.24) is 10.3 Å². The monoisotopic (exact) mass is 531 g/mol. The highest BCUT2D eigenvalue weighted by Crippen LogP contribution is 2.46. The van der Waals surface area contributed by atoms with Gasteiger partial charge in [-0.25, -0.2) is 4.98 Å². The van der Waals surface area contributed by atoms with E-state index in [9.17, 15) is 9.59 Å². The summed E-state index contributed by atoms with van der Waals surface area (Å²) in [5.41, 5.74) is 4.63. The fourth-order valence-electron chi connectivity index (χ4n) is 5.60. The lowest BCUT2D eigenvalue weighted by atomic mass is 9.71. The lowest BCUT2D eigenvalue weighted by Gasteiger charge is -2.34. The van der Waals surface area contributed by atoms with Crippen molar-refractivity contribution in [2.24, 2.45) is 5.92 Å². The summed E-state index contributed by atoms with van der Waals surface area (Å²) in [7, 11) is 0. The Hall–Kier alpha value is -4.57. The number of ether oxygens (including phenoxy) is 1. The van der Waals surface area contributed by atoms with Crippen LogP contribution in [0.2, 0.25) is 0 Å². The average Bonchev–Trinajstić information content (AvgIpc) is 3.71. The highest BCUT2D eigenvalue weighted by atomic mass is 16.5. The second-order valence-corrected chi connectivity index (χ2v) is 11.4. The van der Waals surface area contributed by atoms with Crippen LogP contribution in [-0.2, 0) is 10.2 Å². The van der Waals surface area contributed by atoms with Crippen LogP contribution in [0.1, 0.15) is 65.2 Å². The first-order valence-corrected chi connectivity index (χ1v) is 13.8. The Morgan fingerprint density at radius 1 is 1.10 bits per heavy atom. The molecule has 0 bridgehead atoms. The maximum atomic E-state index is 13.8. The van der Waals surface area contributed by atoms with Gasteiger partial charge in [-0.1, -0.05) is 5.92 Å². The number of nitrogens with zero attached hydrogens (tertiary/aromatic N) is 2. The summed E-state index contributed by atoms with van der Waals surface area (Å²) in [5.74, 6) is 8.39. The van der Waals surface area contributed by atoms with Gasteiger partial charge in [0, 0.05) is 53.0 Å². The highest BCUT2D eigenvalue weighted by molar-refractivity contribution is 6.19. The summed E-state index contributed by atoms with van der Waals surface area (Å²) in [6.07, 6.45) is 4.20. The minimum absolute atomic E-state index is 0.00294. The summed E-state index contributed by atoms with van der Waals surface area (Å²) in [5, 5.41) is 3.65. The van der Waals surface area contributed by atoms with Gasteiger partial charge in [0.2, 0.25) is 5.91 Å². The molecule has 0 atom stereocenters. The van der Waals surface area contributed by atoms with E-state index in [1.807, 2.05) is 53.4 Å². The number of rotatable bonds is 4. The van der Waals surface area contributed by atoms with E-state index < -0.39 is 5.41 Å². The molecule has 1 N–H and O–H groups in total. The number of fused-ring (bicyclic) bond motifs is 4. The van der Waals surface area contributed by atoms with E-state index in [0.29, 0.717) is 47.2 Å². The molecule has 7 heteroatoms. The van der Waals surface area contributed by atoms with E-state index in [0.717, 1.165) is 41.1 Å². The highest BCUT2D eigenvalue weighted by Gasteiger charge is 2.42. The minimum atomic E-state index is -0.539. The number of piperazine rings is 1. The molecular weight excluding hydrogens is 502 g/mol. The summed E-state index contributed by atoms with van der Waals surface area (Å²) in [6, 6.07) is 15.3. The Balaban J connectivity index is 1.21. The van der Waals surface area contributed by atoms with Crippen molar-refractivity contribution in [1.29, 1.82) is 0 Å². The quantitative estimate of drug-likeness (QED) is 0.380. The Morgan fingerprint density at radius 3 is 2.80 bits per heavy atom. The Labute approximate surface area is 232 Å². The smallest absolute Gasteiger partial charge is 0.239 e. The Bertz CT molecular complexity index is 1750. The van der Waals surface area contributed by atoms with E-state index in [1.54, 1.807) is 6.20 Å². The van der Waals surface area contributed by atoms with Crippen LogP contribution in [0.4, 0.5) is 5.69 Å². The second kappa shape index (κ2) is 9.27. The van der Waals surface area contributed by atoms with Crippen molar-refractivity contribution in [3.8, 4) is 17.6 Å². The molecule has 2 aliphatic carbocycles. The van der Waals surface area contributed by atoms with E-state index in [4.69, 9.17) is 9.15 Å². The number of amides is 1. The van der Waals surface area contributed by atoms with Crippen molar-refractivity contribution in [3.05, 3.63) is 88.4 Å². The molecule has 4 aromatic rings. The summed E-state index contributed by atoms with van der Waals surface area (Å²) < 4.78 is 12.3. The molecule has 2 fully saturated rings. The van der Waals surface area contributed by atoms with Crippen LogP contribution >= 0.6 is 0 Å². The summed E-state index contributed by atoms with van der Waals surface area (Å²) in [6.45, 7) is 6.54. The number of carbonyl (C=O) groups is 2. The SMILES string of the molecule is CC1(C)c2cc(N3CCNC(=O)C3)ccc2C(=O)c2c1oc1cc(C#Cc3cc(OCC4CC4)ccn3)ccc21. The molecule has 7 nitrogen and oxygen atoms in total. The molecule has 0 spiro atoms. The average molecular weight is 532 g/mol. The Morgan fingerprint density at radius 2 is 1.98 bits per heavy atom. The van der Waals surface area contributed by atoms with Crippen molar-refractivity contribution in [2.45, 2.75) is 32.1 Å². The molecule has 7 rings (SSSR count). The van der Waals surface area contributed by atoms with Crippen LogP contribution in [0.25, 0.3) is 11.0 Å². The lowest BCUT2D eigenvalue weighted by Crippen LogP contribution is -2.47. The molecule has 200 valence electrons. The van der Waals surface area contributed by atoms with Crippen molar-refractivity contribution in [2.75, 3.05) is 31.1 Å². The zero-order valence-corrected chi connectivity index (χ0v) is 22.5. The number of nitrogens with one attached hydrogen (secondary N) is 1.